The molecule has 0 unspecified atom stereocenters. The van der Waals surface area contributed by atoms with Gasteiger partial charge in [-0.2, -0.15) is 12.6 Å². The van der Waals surface area contributed by atoms with E-state index in [1.54, 1.807) is 6.29 Å². The number of carbonyl (C=O) groups excluding carboxylic acids is 2. The van der Waals surface area contributed by atoms with Gasteiger partial charge in [0.1, 0.15) is 6.04 Å². The van der Waals surface area contributed by atoms with Crippen molar-refractivity contribution in [2.45, 2.75) is 18.5 Å². The van der Waals surface area contributed by atoms with Crippen LogP contribution in [0.15, 0.2) is 30.3 Å². The summed E-state index contributed by atoms with van der Waals surface area (Å²) in [5.41, 5.74) is 6.72. The average molecular weight is 251 g/mol. The van der Waals surface area contributed by atoms with Gasteiger partial charge in [0, 0.05) is 5.75 Å². The number of nitrogens with two attached hydrogens (primary N) is 1. The molecule has 0 saturated heterocycles. The fourth-order valence-electron chi connectivity index (χ4n) is 1.35. The van der Waals surface area contributed by atoms with Crippen LogP contribution in [0.5, 0.6) is 0 Å². The lowest BCUT2D eigenvalue weighted by Gasteiger charge is -2.14. The van der Waals surface area contributed by atoms with Crippen LogP contribution in [0, 0.1) is 0 Å². The van der Waals surface area contributed by atoms with Gasteiger partial charge in [0.05, 0.1) is 6.04 Å². The van der Waals surface area contributed by atoms with Crippen molar-refractivity contribution in [2.75, 3.05) is 5.75 Å². The molecule has 1 rings (SSSR count). The summed E-state index contributed by atoms with van der Waals surface area (Å²) in [6, 6.07) is 8.09. The zero-order valence-corrected chi connectivity index (χ0v) is 10.2. The first kappa shape index (κ1) is 13.7. The number of rotatable bonds is 6. The van der Waals surface area contributed by atoms with E-state index >= 15 is 0 Å². The van der Waals surface area contributed by atoms with Crippen molar-refractivity contribution >= 4 is 24.8 Å². The number of amides is 1. The molecular weight excluding hydrogens is 236 g/mol. The minimum atomic E-state index is -0.701. The Morgan fingerprint density at radius 1 is 1.41 bits per heavy atom. The molecule has 0 aliphatic heterocycles. The topological polar surface area (TPSA) is 72.2 Å². The first-order valence-corrected chi connectivity index (χ1v) is 5.89. The van der Waals surface area contributed by atoms with Crippen LogP contribution in [0.1, 0.15) is 5.56 Å². The second kappa shape index (κ2) is 7.09. The van der Waals surface area contributed by atoms with Crippen LogP contribution in [-0.4, -0.2) is 30.0 Å². The maximum absolute atomic E-state index is 11.6. The highest BCUT2D eigenvalue weighted by Gasteiger charge is 2.17. The first-order chi connectivity index (χ1) is 8.17. The van der Waals surface area contributed by atoms with Gasteiger partial charge in [0.2, 0.25) is 12.2 Å². The molecule has 0 heterocycles. The van der Waals surface area contributed by atoms with E-state index in [0.29, 0.717) is 6.42 Å². The third kappa shape index (κ3) is 4.58. The van der Waals surface area contributed by atoms with Crippen molar-refractivity contribution in [3.8, 4) is 0 Å². The lowest BCUT2D eigenvalue weighted by atomic mass is 10.1. The van der Waals surface area contributed by atoms with E-state index < -0.39 is 12.1 Å². The molecule has 2 atom stereocenters. The molecule has 0 aliphatic carbocycles. The molecule has 1 amide bonds. The first-order valence-electron chi connectivity index (χ1n) is 5.25. The Morgan fingerprint density at radius 3 is 2.59 bits per heavy atom. The second-order valence-electron chi connectivity index (χ2n) is 3.66. The zero-order valence-electron chi connectivity index (χ0n) is 9.30. The highest BCUT2D eigenvalue weighted by atomic mass is 32.1. The third-order valence-corrected chi connectivity index (χ3v) is 2.64. The van der Waals surface area contributed by atoms with Gasteiger partial charge in [-0.05, 0) is 12.0 Å². The quantitative estimate of drug-likeness (QED) is 0.627. The Hall–Kier alpha value is -1.33. The van der Waals surface area contributed by atoms with Gasteiger partial charge in [-0.1, -0.05) is 30.3 Å². The molecular formula is C12H15N2O2S. The van der Waals surface area contributed by atoms with Crippen LogP contribution in [0.4, 0.5) is 0 Å². The zero-order chi connectivity index (χ0) is 12.7. The summed E-state index contributed by atoms with van der Waals surface area (Å²) in [5, 5.41) is 2.47. The van der Waals surface area contributed by atoms with Gasteiger partial charge in [-0.15, -0.1) is 0 Å². The number of thiol groups is 1. The summed E-state index contributed by atoms with van der Waals surface area (Å²) in [6.45, 7) is 0. The fourth-order valence-corrected chi connectivity index (χ4v) is 1.52. The van der Waals surface area contributed by atoms with E-state index in [4.69, 9.17) is 5.73 Å². The predicted octanol–water partition coefficient (Wildman–Crippen LogP) is 0.0807. The summed E-state index contributed by atoms with van der Waals surface area (Å²) in [6.07, 6.45) is 2.12. The van der Waals surface area contributed by atoms with Crippen molar-refractivity contribution in [1.29, 1.82) is 0 Å². The maximum Gasteiger partial charge on any atom is 0.237 e. The lowest BCUT2D eigenvalue weighted by molar-refractivity contribution is -0.122. The number of hydrogen-bond donors (Lipinski definition) is 3. The molecule has 1 aromatic rings. The summed E-state index contributed by atoms with van der Waals surface area (Å²) in [4.78, 5) is 22.0. The summed E-state index contributed by atoms with van der Waals surface area (Å²) >= 11 is 3.92. The van der Waals surface area contributed by atoms with E-state index in [1.165, 1.54) is 0 Å². The standard InChI is InChI=1S/C12H15N2O2S/c13-11(6-9-4-2-1-3-5-9)12(16)14-10(7-15)8-17/h1-5,10-11,17H,6,8,13H2,(H,14,16)/t10-,11-/m1/s1. The molecule has 4 nitrogen and oxygen atoms in total. The fraction of sp³-hybridized carbons (Fsp3) is 0.333. The Labute approximate surface area is 106 Å². The number of hydrogen-bond acceptors (Lipinski definition) is 4. The van der Waals surface area contributed by atoms with Crippen molar-refractivity contribution in [3.05, 3.63) is 35.9 Å². The Kier molecular flexibility index (Phi) is 5.72. The van der Waals surface area contributed by atoms with Gasteiger partial charge in [0.15, 0.2) is 0 Å². The van der Waals surface area contributed by atoms with E-state index in [0.717, 1.165) is 5.56 Å². The van der Waals surface area contributed by atoms with Crippen molar-refractivity contribution < 1.29 is 9.59 Å². The van der Waals surface area contributed by atoms with Crippen LogP contribution < -0.4 is 11.1 Å². The van der Waals surface area contributed by atoms with Crippen LogP contribution in [-0.2, 0) is 16.0 Å². The minimum absolute atomic E-state index is 0.216. The summed E-state index contributed by atoms with van der Waals surface area (Å²) < 4.78 is 0. The maximum atomic E-state index is 11.6. The van der Waals surface area contributed by atoms with Crippen molar-refractivity contribution in [2.24, 2.45) is 5.73 Å². The van der Waals surface area contributed by atoms with E-state index in [-0.39, 0.29) is 11.7 Å². The van der Waals surface area contributed by atoms with Crippen molar-refractivity contribution in [1.82, 2.24) is 5.32 Å². The van der Waals surface area contributed by atoms with Gasteiger partial charge in [0.25, 0.3) is 0 Å². The van der Waals surface area contributed by atoms with E-state index in [9.17, 15) is 9.59 Å². The van der Waals surface area contributed by atoms with Crippen LogP contribution in [0.3, 0.4) is 0 Å². The summed E-state index contributed by atoms with van der Waals surface area (Å²) in [7, 11) is 0. The Bertz CT molecular complexity index is 370. The SMILES string of the molecule is N[C@H](Cc1ccccc1)C(=O)N[C@H]([C]=O)CS. The largest absolute Gasteiger partial charge is 0.344 e. The smallest absolute Gasteiger partial charge is 0.237 e. The molecule has 17 heavy (non-hydrogen) atoms. The van der Waals surface area contributed by atoms with Gasteiger partial charge < -0.3 is 11.1 Å². The van der Waals surface area contributed by atoms with Gasteiger partial charge in [-0.25, -0.2) is 0 Å². The molecule has 0 spiro atoms. The second-order valence-corrected chi connectivity index (χ2v) is 4.02. The highest BCUT2D eigenvalue weighted by molar-refractivity contribution is 7.80. The minimum Gasteiger partial charge on any atom is -0.344 e. The molecule has 0 saturated carbocycles. The van der Waals surface area contributed by atoms with Crippen LogP contribution in [0.25, 0.3) is 0 Å². The predicted molar refractivity (Wildman–Crippen MR) is 69.6 cm³/mol. The average Bonchev–Trinajstić information content (AvgIpc) is 2.36. The monoisotopic (exact) mass is 251 g/mol. The molecule has 0 bridgehead atoms. The Balaban J connectivity index is 2.50. The number of carbonyl (C=O) groups is 1. The number of benzene rings is 1. The van der Waals surface area contributed by atoms with E-state index in [1.807, 2.05) is 30.3 Å². The molecule has 5 heteroatoms. The molecule has 0 aromatic heterocycles. The molecule has 3 N–H and O–H groups in total. The van der Waals surface area contributed by atoms with Gasteiger partial charge in [-0.3, -0.25) is 9.59 Å². The molecule has 1 aromatic carbocycles. The molecule has 91 valence electrons. The van der Waals surface area contributed by atoms with Crippen molar-refractivity contribution in [3.63, 3.8) is 0 Å². The van der Waals surface area contributed by atoms with Crippen LogP contribution in [0.2, 0.25) is 0 Å². The lowest BCUT2D eigenvalue weighted by Crippen LogP contribution is -2.47. The van der Waals surface area contributed by atoms with Crippen LogP contribution >= 0.6 is 12.6 Å². The normalized spacial score (nSPS) is 13.8. The van der Waals surface area contributed by atoms with Gasteiger partial charge >= 0.3 is 0 Å². The molecule has 0 fully saturated rings. The number of nitrogens with one attached hydrogen (secondary N) is 1. The molecule has 1 radical (unpaired) electrons. The molecule has 0 aliphatic rings. The third-order valence-electron chi connectivity index (χ3n) is 2.28. The summed E-state index contributed by atoms with van der Waals surface area (Å²) in [5.74, 6) is -0.149. The Morgan fingerprint density at radius 2 is 2.06 bits per heavy atom. The highest BCUT2D eigenvalue weighted by Crippen LogP contribution is 2.02. The van der Waals surface area contributed by atoms with E-state index in [2.05, 4.69) is 17.9 Å².